The van der Waals surface area contributed by atoms with Crippen molar-refractivity contribution in [1.82, 2.24) is 9.47 Å². The van der Waals surface area contributed by atoms with Crippen LogP contribution in [0.2, 0.25) is 5.02 Å². The van der Waals surface area contributed by atoms with Crippen LogP contribution in [0.25, 0.3) is 10.9 Å². The van der Waals surface area contributed by atoms with Gasteiger partial charge in [0.1, 0.15) is 12.4 Å². The Labute approximate surface area is 160 Å². The second-order valence-electron chi connectivity index (χ2n) is 7.04. The molecule has 0 saturated carbocycles. The number of fused-ring (bicyclic) bond motifs is 1. The van der Waals surface area contributed by atoms with E-state index in [-0.39, 0.29) is 0 Å². The van der Waals surface area contributed by atoms with Gasteiger partial charge in [-0.2, -0.15) is 0 Å². The van der Waals surface area contributed by atoms with Crippen molar-refractivity contribution in [2.24, 2.45) is 0 Å². The molecule has 0 unspecified atom stereocenters. The fourth-order valence-electron chi connectivity index (χ4n) is 3.71. The molecule has 4 heteroatoms. The first-order valence-corrected chi connectivity index (χ1v) is 9.84. The van der Waals surface area contributed by atoms with Crippen LogP contribution < -0.4 is 4.74 Å². The van der Waals surface area contributed by atoms with Gasteiger partial charge in [0.25, 0.3) is 0 Å². The zero-order chi connectivity index (χ0) is 17.8. The summed E-state index contributed by atoms with van der Waals surface area (Å²) in [6.45, 7) is 5.03. The predicted octanol–water partition coefficient (Wildman–Crippen LogP) is 5.21. The highest BCUT2D eigenvalue weighted by Crippen LogP contribution is 2.23. The Kier molecular flexibility index (Phi) is 5.47. The summed E-state index contributed by atoms with van der Waals surface area (Å²) in [5.74, 6) is 0.954. The summed E-state index contributed by atoms with van der Waals surface area (Å²) in [4.78, 5) is 2.50. The highest BCUT2D eigenvalue weighted by Gasteiger charge is 2.10. The minimum absolute atomic E-state index is 0.759. The van der Waals surface area contributed by atoms with E-state index >= 15 is 0 Å². The Bertz CT molecular complexity index is 867. The van der Waals surface area contributed by atoms with Crippen molar-refractivity contribution >= 4 is 22.5 Å². The minimum Gasteiger partial charge on any atom is -0.492 e. The third kappa shape index (κ3) is 4.22. The number of nitrogens with zero attached hydrogens (tertiary/aromatic N) is 2. The lowest BCUT2D eigenvalue weighted by atomic mass is 10.1. The van der Waals surface area contributed by atoms with E-state index < -0.39 is 0 Å². The minimum atomic E-state index is 0.759. The van der Waals surface area contributed by atoms with Gasteiger partial charge in [-0.3, -0.25) is 4.90 Å². The van der Waals surface area contributed by atoms with Crippen LogP contribution in [0.1, 0.15) is 24.8 Å². The maximum absolute atomic E-state index is 6.10. The number of benzene rings is 2. The molecular formula is C22H25ClN2O. The second-order valence-corrected chi connectivity index (χ2v) is 7.48. The zero-order valence-electron chi connectivity index (χ0n) is 15.0. The Hall–Kier alpha value is -1.97. The van der Waals surface area contributed by atoms with Gasteiger partial charge in [0.15, 0.2) is 0 Å². The molecule has 2 heterocycles. The first-order valence-electron chi connectivity index (χ1n) is 9.46. The normalized spacial score (nSPS) is 15.4. The molecule has 0 aliphatic carbocycles. The van der Waals surface area contributed by atoms with Crippen LogP contribution in [0, 0.1) is 0 Å². The van der Waals surface area contributed by atoms with E-state index in [0.717, 1.165) is 30.5 Å². The summed E-state index contributed by atoms with van der Waals surface area (Å²) in [6.07, 6.45) is 6.15. The zero-order valence-corrected chi connectivity index (χ0v) is 15.8. The summed E-state index contributed by atoms with van der Waals surface area (Å²) < 4.78 is 8.24. The van der Waals surface area contributed by atoms with E-state index in [1.54, 1.807) is 0 Å². The van der Waals surface area contributed by atoms with Crippen LogP contribution in [0.5, 0.6) is 5.75 Å². The molecule has 0 amide bonds. The van der Waals surface area contributed by atoms with Crippen LogP contribution >= 0.6 is 11.6 Å². The first-order chi connectivity index (χ1) is 12.8. The molecule has 3 aromatic rings. The molecule has 0 N–H and O–H groups in total. The molecule has 136 valence electrons. The molecule has 0 spiro atoms. The van der Waals surface area contributed by atoms with Crippen molar-refractivity contribution in [3.8, 4) is 5.75 Å². The molecule has 1 aliphatic heterocycles. The van der Waals surface area contributed by atoms with Crippen molar-refractivity contribution in [3.05, 3.63) is 65.3 Å². The maximum Gasteiger partial charge on any atom is 0.120 e. The van der Waals surface area contributed by atoms with Crippen LogP contribution in [-0.4, -0.2) is 35.7 Å². The van der Waals surface area contributed by atoms with Gasteiger partial charge < -0.3 is 9.30 Å². The molecule has 0 radical (unpaired) electrons. The number of aromatic nitrogens is 1. The van der Waals surface area contributed by atoms with Crippen molar-refractivity contribution in [1.29, 1.82) is 0 Å². The molecule has 4 rings (SSSR count). The lowest BCUT2D eigenvalue weighted by molar-refractivity contribution is 0.183. The van der Waals surface area contributed by atoms with E-state index in [1.165, 1.54) is 48.8 Å². The highest BCUT2D eigenvalue weighted by atomic mass is 35.5. The van der Waals surface area contributed by atoms with Crippen LogP contribution in [0.15, 0.2) is 54.7 Å². The average Bonchev–Trinajstić information content (AvgIpc) is 3.05. The number of likely N-dealkylation sites (tertiary alicyclic amines) is 1. The molecule has 0 bridgehead atoms. The van der Waals surface area contributed by atoms with Gasteiger partial charge in [-0.25, -0.2) is 0 Å². The number of hydrogen-bond acceptors (Lipinski definition) is 2. The standard InChI is InChI=1S/C22H25ClN2O/c23-20-6-4-5-18(15-20)17-25-12-9-19-16-21(7-8-22(19)25)26-14-13-24-10-2-1-3-11-24/h4-9,12,15-16H,1-3,10-11,13-14,17H2. The van der Waals surface area contributed by atoms with Crippen molar-refractivity contribution in [2.45, 2.75) is 25.8 Å². The Morgan fingerprint density at radius 2 is 1.85 bits per heavy atom. The smallest absolute Gasteiger partial charge is 0.120 e. The van der Waals surface area contributed by atoms with Gasteiger partial charge in [0.2, 0.25) is 0 Å². The quantitative estimate of drug-likeness (QED) is 0.594. The fourth-order valence-corrected chi connectivity index (χ4v) is 3.93. The first kappa shape index (κ1) is 17.4. The summed E-state index contributed by atoms with van der Waals surface area (Å²) in [6, 6.07) is 16.5. The second kappa shape index (κ2) is 8.15. The maximum atomic E-state index is 6.10. The van der Waals surface area contributed by atoms with Crippen molar-refractivity contribution in [3.63, 3.8) is 0 Å². The molecule has 26 heavy (non-hydrogen) atoms. The molecule has 1 saturated heterocycles. The van der Waals surface area contributed by atoms with Crippen LogP contribution in [-0.2, 0) is 6.54 Å². The lowest BCUT2D eigenvalue weighted by Crippen LogP contribution is -2.33. The van der Waals surface area contributed by atoms with Crippen molar-refractivity contribution < 1.29 is 4.74 Å². The topological polar surface area (TPSA) is 17.4 Å². The fraction of sp³-hybridized carbons (Fsp3) is 0.364. The third-order valence-electron chi connectivity index (χ3n) is 5.11. The van der Waals surface area contributed by atoms with Gasteiger partial charge >= 0.3 is 0 Å². The van der Waals surface area contributed by atoms with E-state index in [4.69, 9.17) is 16.3 Å². The summed E-state index contributed by atoms with van der Waals surface area (Å²) in [5.41, 5.74) is 2.42. The number of ether oxygens (including phenoxy) is 1. The van der Waals surface area contributed by atoms with Crippen LogP contribution in [0.4, 0.5) is 0 Å². The largest absolute Gasteiger partial charge is 0.492 e. The summed E-state index contributed by atoms with van der Waals surface area (Å²) in [7, 11) is 0. The molecule has 1 aliphatic rings. The molecule has 1 fully saturated rings. The summed E-state index contributed by atoms with van der Waals surface area (Å²) >= 11 is 6.10. The third-order valence-corrected chi connectivity index (χ3v) is 5.34. The van der Waals surface area contributed by atoms with Crippen LogP contribution in [0.3, 0.4) is 0 Å². The van der Waals surface area contributed by atoms with Gasteiger partial charge in [0, 0.05) is 35.2 Å². The van der Waals surface area contributed by atoms with Gasteiger partial charge in [-0.15, -0.1) is 0 Å². The molecule has 3 nitrogen and oxygen atoms in total. The number of halogens is 1. The van der Waals surface area contributed by atoms with Crippen molar-refractivity contribution in [2.75, 3.05) is 26.2 Å². The molecular weight excluding hydrogens is 344 g/mol. The van der Waals surface area contributed by atoms with E-state index in [1.807, 2.05) is 18.2 Å². The SMILES string of the molecule is Clc1cccc(Cn2ccc3cc(OCCN4CCCCC4)ccc32)c1. The number of hydrogen-bond donors (Lipinski definition) is 0. The van der Waals surface area contributed by atoms with E-state index in [2.05, 4.69) is 46.0 Å². The number of piperidine rings is 1. The molecule has 2 aromatic carbocycles. The number of rotatable bonds is 6. The van der Waals surface area contributed by atoms with Gasteiger partial charge in [-0.05, 0) is 67.9 Å². The Balaban J connectivity index is 1.40. The highest BCUT2D eigenvalue weighted by molar-refractivity contribution is 6.30. The Morgan fingerprint density at radius 3 is 2.69 bits per heavy atom. The van der Waals surface area contributed by atoms with E-state index in [9.17, 15) is 0 Å². The predicted molar refractivity (Wildman–Crippen MR) is 108 cm³/mol. The lowest BCUT2D eigenvalue weighted by Gasteiger charge is -2.26. The molecule has 1 aromatic heterocycles. The molecule has 0 atom stereocenters. The van der Waals surface area contributed by atoms with E-state index in [0.29, 0.717) is 0 Å². The van der Waals surface area contributed by atoms with Gasteiger partial charge in [-0.1, -0.05) is 30.2 Å². The monoisotopic (exact) mass is 368 g/mol. The van der Waals surface area contributed by atoms with Gasteiger partial charge in [0.05, 0.1) is 0 Å². The Morgan fingerprint density at radius 1 is 0.962 bits per heavy atom. The average molecular weight is 369 g/mol. The summed E-state index contributed by atoms with van der Waals surface area (Å²) in [5, 5.41) is 1.99.